The van der Waals surface area contributed by atoms with Crippen molar-refractivity contribution >= 4 is 11.8 Å². The van der Waals surface area contributed by atoms with Crippen LogP contribution in [0.1, 0.15) is 19.5 Å². The van der Waals surface area contributed by atoms with Gasteiger partial charge in [0.2, 0.25) is 0 Å². The number of nitrogens with one attached hydrogen (secondary N) is 1. The highest BCUT2D eigenvalue weighted by Crippen LogP contribution is 2.27. The first-order chi connectivity index (χ1) is 8.21. The second-order valence-electron chi connectivity index (χ2n) is 3.86. The maximum absolute atomic E-state index is 12.2. The maximum Gasteiger partial charge on any atom is 0.435 e. The zero-order chi connectivity index (χ0) is 13.9. The van der Waals surface area contributed by atoms with Crippen molar-refractivity contribution in [2.45, 2.75) is 26.1 Å². The lowest BCUT2D eigenvalue weighted by atomic mass is 10.0. The van der Waals surface area contributed by atoms with Crippen LogP contribution in [0.2, 0.25) is 0 Å². The molecule has 18 heavy (non-hydrogen) atoms. The number of carboxylic acid groups (broad SMARTS) is 1. The van der Waals surface area contributed by atoms with Crippen molar-refractivity contribution < 1.29 is 23.1 Å². The number of hydrogen-bond acceptors (Lipinski definition) is 4. The summed E-state index contributed by atoms with van der Waals surface area (Å²) in [4.78, 5) is 10.7. The Labute approximate surface area is 101 Å². The molecule has 0 aliphatic carbocycles. The fourth-order valence-electron chi connectivity index (χ4n) is 1.13. The van der Waals surface area contributed by atoms with E-state index in [4.69, 9.17) is 5.11 Å². The smallest absolute Gasteiger partial charge is 0.435 e. The third-order valence-electron chi connectivity index (χ3n) is 2.47. The van der Waals surface area contributed by atoms with Crippen LogP contribution < -0.4 is 5.32 Å². The lowest BCUT2D eigenvalue weighted by Crippen LogP contribution is -2.30. The van der Waals surface area contributed by atoms with Crippen LogP contribution >= 0.6 is 0 Å². The average Bonchev–Trinajstić information content (AvgIpc) is 2.27. The van der Waals surface area contributed by atoms with Crippen LogP contribution in [0.4, 0.5) is 19.0 Å². The Morgan fingerprint density at radius 3 is 2.33 bits per heavy atom. The van der Waals surface area contributed by atoms with Gasteiger partial charge in [0, 0.05) is 6.04 Å². The lowest BCUT2D eigenvalue weighted by Gasteiger charge is -2.18. The topological polar surface area (TPSA) is 75.1 Å². The van der Waals surface area contributed by atoms with E-state index in [0.717, 1.165) is 12.1 Å². The summed E-state index contributed by atoms with van der Waals surface area (Å²) in [6, 6.07) is 1.42. The Hall–Kier alpha value is -1.86. The monoisotopic (exact) mass is 263 g/mol. The minimum absolute atomic E-state index is 0.101. The number of halogens is 3. The third kappa shape index (κ3) is 3.57. The lowest BCUT2D eigenvalue weighted by molar-refractivity contribution is -0.142. The molecule has 1 rings (SSSR count). The van der Waals surface area contributed by atoms with Crippen molar-refractivity contribution in [2.75, 3.05) is 5.32 Å². The first-order valence-corrected chi connectivity index (χ1v) is 5.12. The summed E-state index contributed by atoms with van der Waals surface area (Å²) in [6.45, 7) is 3.08. The van der Waals surface area contributed by atoms with E-state index < -0.39 is 29.8 Å². The molecule has 2 atom stereocenters. The normalized spacial score (nSPS) is 14.9. The minimum atomic E-state index is -4.54. The number of carboxylic acids is 1. The number of nitrogens with zero attached hydrogens (tertiary/aromatic N) is 2. The zero-order valence-corrected chi connectivity index (χ0v) is 9.69. The molecular weight excluding hydrogens is 251 g/mol. The Kier molecular flexibility index (Phi) is 4.10. The molecule has 1 aromatic rings. The summed E-state index contributed by atoms with van der Waals surface area (Å²) in [7, 11) is 0. The van der Waals surface area contributed by atoms with E-state index in [1.807, 2.05) is 0 Å². The number of aliphatic carboxylic acids is 1. The van der Waals surface area contributed by atoms with E-state index in [1.54, 1.807) is 6.92 Å². The molecule has 0 saturated carbocycles. The first kappa shape index (κ1) is 14.2. The van der Waals surface area contributed by atoms with Crippen molar-refractivity contribution in [3.63, 3.8) is 0 Å². The molecule has 0 fully saturated rings. The minimum Gasteiger partial charge on any atom is -0.481 e. The first-order valence-electron chi connectivity index (χ1n) is 5.12. The highest BCUT2D eigenvalue weighted by molar-refractivity contribution is 5.70. The van der Waals surface area contributed by atoms with Crippen LogP contribution in [-0.2, 0) is 11.0 Å². The number of hydrogen-bond donors (Lipinski definition) is 2. The van der Waals surface area contributed by atoms with Gasteiger partial charge in [0.15, 0.2) is 5.69 Å². The van der Waals surface area contributed by atoms with Gasteiger partial charge >= 0.3 is 12.1 Å². The van der Waals surface area contributed by atoms with Crippen LogP contribution in [-0.4, -0.2) is 27.3 Å². The molecule has 1 aromatic heterocycles. The highest BCUT2D eigenvalue weighted by atomic mass is 19.4. The van der Waals surface area contributed by atoms with E-state index in [1.165, 1.54) is 6.92 Å². The third-order valence-corrected chi connectivity index (χ3v) is 2.47. The van der Waals surface area contributed by atoms with Crippen molar-refractivity contribution in [2.24, 2.45) is 5.92 Å². The Bertz CT molecular complexity index is 419. The molecule has 8 heteroatoms. The SMILES string of the molecule is CC(Nc1ccc(C(F)(F)F)nn1)C(C)C(=O)O. The Balaban J connectivity index is 2.73. The molecule has 0 saturated heterocycles. The van der Waals surface area contributed by atoms with Gasteiger partial charge in [-0.05, 0) is 26.0 Å². The van der Waals surface area contributed by atoms with E-state index >= 15 is 0 Å². The van der Waals surface area contributed by atoms with Crippen LogP contribution in [0, 0.1) is 5.92 Å². The zero-order valence-electron chi connectivity index (χ0n) is 9.69. The molecule has 0 radical (unpaired) electrons. The number of carbonyl (C=O) groups is 1. The van der Waals surface area contributed by atoms with Gasteiger partial charge in [0.05, 0.1) is 5.92 Å². The highest BCUT2D eigenvalue weighted by Gasteiger charge is 2.33. The van der Waals surface area contributed by atoms with Gasteiger partial charge in [0.1, 0.15) is 5.82 Å². The maximum atomic E-state index is 12.2. The molecule has 2 N–H and O–H groups in total. The summed E-state index contributed by atoms with van der Waals surface area (Å²) in [6.07, 6.45) is -4.54. The van der Waals surface area contributed by atoms with E-state index in [0.29, 0.717) is 0 Å². The molecule has 0 spiro atoms. The second kappa shape index (κ2) is 5.19. The van der Waals surface area contributed by atoms with Crippen LogP contribution in [0.25, 0.3) is 0 Å². The largest absolute Gasteiger partial charge is 0.481 e. The number of aromatic nitrogens is 2. The predicted molar refractivity (Wildman–Crippen MR) is 56.9 cm³/mol. The molecule has 5 nitrogen and oxygen atoms in total. The number of rotatable bonds is 4. The van der Waals surface area contributed by atoms with Gasteiger partial charge in [-0.15, -0.1) is 10.2 Å². The summed E-state index contributed by atoms with van der Waals surface area (Å²) < 4.78 is 36.6. The van der Waals surface area contributed by atoms with Crippen molar-refractivity contribution in [3.8, 4) is 0 Å². The molecule has 0 aliphatic rings. The number of anilines is 1. The molecule has 0 amide bonds. The van der Waals surface area contributed by atoms with Crippen LogP contribution in [0.5, 0.6) is 0 Å². The Morgan fingerprint density at radius 1 is 1.33 bits per heavy atom. The van der Waals surface area contributed by atoms with Crippen molar-refractivity contribution in [1.29, 1.82) is 0 Å². The molecule has 100 valence electrons. The van der Waals surface area contributed by atoms with Crippen molar-refractivity contribution in [3.05, 3.63) is 17.8 Å². The standard InChI is InChI=1S/C10H12F3N3O2/c1-5(9(17)18)6(2)14-8-4-3-7(15-16-8)10(11,12)13/h3-6H,1-2H3,(H,14,16)(H,17,18). The van der Waals surface area contributed by atoms with Crippen molar-refractivity contribution in [1.82, 2.24) is 10.2 Å². The molecule has 0 aromatic carbocycles. The van der Waals surface area contributed by atoms with E-state index in [-0.39, 0.29) is 5.82 Å². The number of alkyl halides is 3. The molecule has 0 bridgehead atoms. The average molecular weight is 263 g/mol. The summed E-state index contributed by atoms with van der Waals surface area (Å²) in [5, 5.41) is 17.8. The van der Waals surface area contributed by atoms with Gasteiger partial charge in [-0.25, -0.2) is 0 Å². The van der Waals surface area contributed by atoms with Gasteiger partial charge in [-0.3, -0.25) is 4.79 Å². The summed E-state index contributed by atoms with van der Waals surface area (Å²) >= 11 is 0. The fourth-order valence-corrected chi connectivity index (χ4v) is 1.13. The fraction of sp³-hybridized carbons (Fsp3) is 0.500. The van der Waals surface area contributed by atoms with Crippen LogP contribution in [0.15, 0.2) is 12.1 Å². The van der Waals surface area contributed by atoms with Crippen LogP contribution in [0.3, 0.4) is 0 Å². The van der Waals surface area contributed by atoms with Gasteiger partial charge < -0.3 is 10.4 Å². The quantitative estimate of drug-likeness (QED) is 0.869. The molecule has 0 aliphatic heterocycles. The molecular formula is C10H12F3N3O2. The van der Waals surface area contributed by atoms with E-state index in [2.05, 4.69) is 15.5 Å². The van der Waals surface area contributed by atoms with Gasteiger partial charge in [0.25, 0.3) is 0 Å². The second-order valence-corrected chi connectivity index (χ2v) is 3.86. The van der Waals surface area contributed by atoms with Gasteiger partial charge in [-0.1, -0.05) is 0 Å². The van der Waals surface area contributed by atoms with Gasteiger partial charge in [-0.2, -0.15) is 13.2 Å². The predicted octanol–water partition coefficient (Wildman–Crippen LogP) is 2.02. The summed E-state index contributed by atoms with van der Waals surface area (Å²) in [5.41, 5.74) is -1.09. The Morgan fingerprint density at radius 2 is 1.94 bits per heavy atom. The van der Waals surface area contributed by atoms with E-state index in [9.17, 15) is 18.0 Å². The summed E-state index contributed by atoms with van der Waals surface area (Å²) in [5.74, 6) is -1.60. The molecule has 1 heterocycles. The molecule has 2 unspecified atom stereocenters.